The van der Waals surface area contributed by atoms with Crippen LogP contribution in [0, 0.1) is 13.8 Å². The van der Waals surface area contributed by atoms with Crippen molar-refractivity contribution in [1.29, 1.82) is 0 Å². The molecule has 0 spiro atoms. The lowest BCUT2D eigenvalue weighted by Gasteiger charge is -1.98. The monoisotopic (exact) mass is 298 g/mol. The summed E-state index contributed by atoms with van der Waals surface area (Å²) < 4.78 is 1.37. The average Bonchev–Trinajstić information content (AvgIpc) is 3.08. The lowest BCUT2D eigenvalue weighted by molar-refractivity contribution is 0.299. The van der Waals surface area contributed by atoms with Gasteiger partial charge in [-0.3, -0.25) is 9.89 Å². The minimum absolute atomic E-state index is 0.0549. The Morgan fingerprint density at radius 2 is 1.95 bits per heavy atom. The van der Waals surface area contributed by atoms with Gasteiger partial charge in [-0.25, -0.2) is 4.98 Å². The summed E-state index contributed by atoms with van der Waals surface area (Å²) in [5.74, 6) is 0.438. The Labute approximate surface area is 127 Å². The van der Waals surface area contributed by atoms with E-state index in [2.05, 4.69) is 15.1 Å². The van der Waals surface area contributed by atoms with Gasteiger partial charge >= 0.3 is 0 Å². The average molecular weight is 298 g/mol. The van der Waals surface area contributed by atoms with E-state index in [1.165, 1.54) is 10.2 Å². The second kappa shape index (κ2) is 5.65. The molecule has 3 rings (SSSR count). The molecule has 0 bridgehead atoms. The normalized spacial score (nSPS) is 11.0. The number of nitrogens with zero attached hydrogens (tertiary/aromatic N) is 2. The van der Waals surface area contributed by atoms with Gasteiger partial charge in [0.05, 0.1) is 11.9 Å². The summed E-state index contributed by atoms with van der Waals surface area (Å²) in [7, 11) is 0. The smallest absolute Gasteiger partial charge is 0.277 e. The Morgan fingerprint density at radius 3 is 2.64 bits per heavy atom. The first-order chi connectivity index (χ1) is 10.6. The second-order valence-corrected chi connectivity index (χ2v) is 5.32. The predicted octanol–water partition coefficient (Wildman–Crippen LogP) is 1.71. The van der Waals surface area contributed by atoms with E-state index in [1.807, 2.05) is 38.1 Å². The number of aliphatic hydroxyl groups is 1. The van der Waals surface area contributed by atoms with Crippen LogP contribution in [0.4, 0.5) is 0 Å². The van der Waals surface area contributed by atoms with Crippen LogP contribution >= 0.6 is 0 Å². The van der Waals surface area contributed by atoms with E-state index >= 15 is 0 Å². The molecule has 0 aliphatic rings. The number of nitrogens with one attached hydrogen (secondary N) is 2. The first kappa shape index (κ1) is 14.3. The highest BCUT2D eigenvalue weighted by Gasteiger charge is 2.14. The number of imidazole rings is 1. The molecule has 0 aliphatic heterocycles. The van der Waals surface area contributed by atoms with Crippen LogP contribution in [0.15, 0.2) is 35.3 Å². The van der Waals surface area contributed by atoms with Crippen molar-refractivity contribution in [2.45, 2.75) is 20.3 Å². The minimum Gasteiger partial charge on any atom is -0.396 e. The summed E-state index contributed by atoms with van der Waals surface area (Å²) >= 11 is 0. The fourth-order valence-electron chi connectivity index (χ4n) is 2.44. The summed E-state index contributed by atoms with van der Waals surface area (Å²) in [4.78, 5) is 19.8. The number of aromatic nitrogens is 4. The quantitative estimate of drug-likeness (QED) is 0.685. The number of aromatic amines is 2. The standard InChI is InChI=1S/C16H18N4O2/c1-10-3-5-12(6-4-10)14-9-17-16(18-14)20-15(22)13(7-8-21)11(2)19-20/h3-6,9,19,21H,7-8H2,1-2H3,(H,17,18). The van der Waals surface area contributed by atoms with Gasteiger partial charge in [-0.05, 0) is 19.4 Å². The lowest BCUT2D eigenvalue weighted by Crippen LogP contribution is -2.19. The number of hydrogen-bond acceptors (Lipinski definition) is 3. The Kier molecular flexibility index (Phi) is 3.68. The number of rotatable bonds is 4. The molecule has 1 aromatic carbocycles. The van der Waals surface area contributed by atoms with Crippen molar-refractivity contribution in [3.8, 4) is 17.2 Å². The highest BCUT2D eigenvalue weighted by Crippen LogP contribution is 2.18. The molecule has 0 atom stereocenters. The molecule has 114 valence electrons. The zero-order chi connectivity index (χ0) is 15.7. The summed E-state index contributed by atoms with van der Waals surface area (Å²) in [5, 5.41) is 12.0. The number of benzene rings is 1. The summed E-state index contributed by atoms with van der Waals surface area (Å²) in [5.41, 5.74) is 4.18. The maximum Gasteiger partial charge on any atom is 0.277 e. The molecule has 3 aromatic rings. The van der Waals surface area contributed by atoms with Crippen LogP contribution in [0.5, 0.6) is 0 Å². The van der Waals surface area contributed by atoms with Gasteiger partial charge in [-0.2, -0.15) is 4.68 Å². The van der Waals surface area contributed by atoms with Crippen molar-refractivity contribution in [2.24, 2.45) is 0 Å². The SMILES string of the molecule is Cc1ccc(-c2cnc(-n3[nH]c(C)c(CCO)c3=O)[nH]2)cc1. The zero-order valence-corrected chi connectivity index (χ0v) is 12.6. The molecular formula is C16H18N4O2. The van der Waals surface area contributed by atoms with Crippen LogP contribution in [0.3, 0.4) is 0 Å². The molecule has 6 heteroatoms. The maximum atomic E-state index is 12.3. The highest BCUT2D eigenvalue weighted by atomic mass is 16.3. The predicted molar refractivity (Wildman–Crippen MR) is 84.2 cm³/mol. The van der Waals surface area contributed by atoms with Crippen molar-refractivity contribution in [1.82, 2.24) is 19.7 Å². The molecule has 0 radical (unpaired) electrons. The molecule has 22 heavy (non-hydrogen) atoms. The van der Waals surface area contributed by atoms with Gasteiger partial charge in [-0.15, -0.1) is 0 Å². The van der Waals surface area contributed by atoms with Crippen molar-refractivity contribution in [2.75, 3.05) is 6.61 Å². The van der Waals surface area contributed by atoms with Gasteiger partial charge in [0, 0.05) is 24.3 Å². The molecule has 2 aromatic heterocycles. The summed E-state index contributed by atoms with van der Waals surface area (Å²) in [6.07, 6.45) is 2.04. The number of H-pyrrole nitrogens is 2. The van der Waals surface area contributed by atoms with Gasteiger partial charge in [0.1, 0.15) is 0 Å². The van der Waals surface area contributed by atoms with Crippen LogP contribution < -0.4 is 5.56 Å². The fraction of sp³-hybridized carbons (Fsp3) is 0.250. The second-order valence-electron chi connectivity index (χ2n) is 5.32. The lowest BCUT2D eigenvalue weighted by atomic mass is 10.1. The van der Waals surface area contributed by atoms with E-state index in [0.29, 0.717) is 17.9 Å². The Bertz CT molecular complexity index is 840. The Hall–Kier alpha value is -2.60. The highest BCUT2D eigenvalue weighted by molar-refractivity contribution is 5.59. The van der Waals surface area contributed by atoms with E-state index in [4.69, 9.17) is 5.11 Å². The molecule has 0 saturated carbocycles. The third-order valence-corrected chi connectivity index (χ3v) is 3.69. The van der Waals surface area contributed by atoms with Gasteiger partial charge < -0.3 is 10.1 Å². The number of aryl methyl sites for hydroxylation is 2. The van der Waals surface area contributed by atoms with Crippen LogP contribution in [-0.4, -0.2) is 31.5 Å². The van der Waals surface area contributed by atoms with E-state index < -0.39 is 0 Å². The van der Waals surface area contributed by atoms with Crippen molar-refractivity contribution < 1.29 is 5.11 Å². The molecule has 0 saturated heterocycles. The Balaban J connectivity index is 1.99. The van der Waals surface area contributed by atoms with E-state index in [-0.39, 0.29) is 12.2 Å². The third-order valence-electron chi connectivity index (χ3n) is 3.69. The third kappa shape index (κ3) is 2.48. The first-order valence-electron chi connectivity index (χ1n) is 7.14. The molecule has 0 amide bonds. The van der Waals surface area contributed by atoms with Gasteiger partial charge in [0.15, 0.2) is 0 Å². The first-order valence-corrected chi connectivity index (χ1v) is 7.14. The number of hydrogen-bond donors (Lipinski definition) is 3. The topological polar surface area (TPSA) is 86.7 Å². The molecule has 6 nitrogen and oxygen atoms in total. The van der Waals surface area contributed by atoms with Crippen LogP contribution in [-0.2, 0) is 6.42 Å². The molecule has 2 heterocycles. The van der Waals surface area contributed by atoms with Crippen LogP contribution in [0.2, 0.25) is 0 Å². The summed E-state index contributed by atoms with van der Waals surface area (Å²) in [6.45, 7) is 3.79. The number of aliphatic hydroxyl groups excluding tert-OH is 1. The molecule has 0 unspecified atom stereocenters. The largest absolute Gasteiger partial charge is 0.396 e. The fourth-order valence-corrected chi connectivity index (χ4v) is 2.44. The Morgan fingerprint density at radius 1 is 1.23 bits per heavy atom. The summed E-state index contributed by atoms with van der Waals surface area (Å²) in [6, 6.07) is 8.07. The maximum absolute atomic E-state index is 12.3. The van der Waals surface area contributed by atoms with E-state index in [0.717, 1.165) is 17.0 Å². The molecule has 0 fully saturated rings. The van der Waals surface area contributed by atoms with Crippen molar-refractivity contribution >= 4 is 0 Å². The molecular weight excluding hydrogens is 280 g/mol. The van der Waals surface area contributed by atoms with Crippen LogP contribution in [0.1, 0.15) is 16.8 Å². The van der Waals surface area contributed by atoms with Gasteiger partial charge in [0.2, 0.25) is 5.95 Å². The van der Waals surface area contributed by atoms with Gasteiger partial charge in [-0.1, -0.05) is 29.8 Å². The van der Waals surface area contributed by atoms with Crippen LogP contribution in [0.25, 0.3) is 17.2 Å². The van der Waals surface area contributed by atoms with Gasteiger partial charge in [0.25, 0.3) is 5.56 Å². The molecule has 0 aliphatic carbocycles. The van der Waals surface area contributed by atoms with E-state index in [1.54, 1.807) is 6.20 Å². The zero-order valence-electron chi connectivity index (χ0n) is 12.6. The molecule has 3 N–H and O–H groups in total. The minimum atomic E-state index is -0.184. The van der Waals surface area contributed by atoms with E-state index in [9.17, 15) is 4.79 Å². The van der Waals surface area contributed by atoms with Crippen molar-refractivity contribution in [3.63, 3.8) is 0 Å². The van der Waals surface area contributed by atoms with Crippen molar-refractivity contribution in [3.05, 3.63) is 57.6 Å².